The molecule has 0 aromatic heterocycles. The molecule has 5 heteroatoms. The molecule has 0 aliphatic carbocycles. The Kier molecular flexibility index (Phi) is 5.20. The maximum Gasteiger partial charge on any atom is 0.131 e. The van der Waals surface area contributed by atoms with Crippen LogP contribution in [0.4, 0.5) is 8.78 Å². The van der Waals surface area contributed by atoms with Crippen LogP contribution in [0.25, 0.3) is 0 Å². The van der Waals surface area contributed by atoms with Gasteiger partial charge in [0.1, 0.15) is 11.6 Å². The number of rotatable bonds is 5. The van der Waals surface area contributed by atoms with Crippen LogP contribution in [0.1, 0.15) is 25.0 Å². The van der Waals surface area contributed by atoms with E-state index in [1.165, 1.54) is 0 Å². The van der Waals surface area contributed by atoms with Crippen LogP contribution in [0, 0.1) is 28.9 Å². The van der Waals surface area contributed by atoms with Crippen molar-refractivity contribution in [2.24, 2.45) is 5.92 Å². The van der Waals surface area contributed by atoms with E-state index in [2.05, 4.69) is 5.32 Å². The van der Waals surface area contributed by atoms with Gasteiger partial charge in [0, 0.05) is 18.7 Å². The van der Waals surface area contributed by atoms with Gasteiger partial charge in [-0.2, -0.15) is 5.26 Å². The van der Waals surface area contributed by atoms with E-state index in [1.807, 2.05) is 13.8 Å². The summed E-state index contributed by atoms with van der Waals surface area (Å²) in [5.41, 5.74) is -0.166. The van der Waals surface area contributed by atoms with Gasteiger partial charge in [-0.1, -0.05) is 13.8 Å². The van der Waals surface area contributed by atoms with Crippen LogP contribution in [0.2, 0.25) is 0 Å². The van der Waals surface area contributed by atoms with E-state index in [0.717, 1.165) is 12.1 Å². The third-order valence-corrected chi connectivity index (χ3v) is 2.69. The molecule has 0 radical (unpaired) electrons. The highest BCUT2D eigenvalue weighted by atomic mass is 19.1. The van der Waals surface area contributed by atoms with Crippen molar-refractivity contribution in [2.45, 2.75) is 26.5 Å². The van der Waals surface area contributed by atoms with Crippen molar-refractivity contribution in [3.8, 4) is 6.07 Å². The molecule has 0 spiro atoms. The molecule has 98 valence electrons. The Morgan fingerprint density at radius 3 is 2.33 bits per heavy atom. The van der Waals surface area contributed by atoms with Crippen LogP contribution in [-0.4, -0.2) is 17.8 Å². The molecular formula is C13H16F2N2O. The van der Waals surface area contributed by atoms with E-state index in [4.69, 9.17) is 5.26 Å². The average molecular weight is 254 g/mol. The van der Waals surface area contributed by atoms with Gasteiger partial charge in [0.05, 0.1) is 17.7 Å². The van der Waals surface area contributed by atoms with E-state index < -0.39 is 17.7 Å². The lowest BCUT2D eigenvalue weighted by Crippen LogP contribution is -2.30. The molecule has 0 bridgehead atoms. The number of hydrogen-bond acceptors (Lipinski definition) is 3. The van der Waals surface area contributed by atoms with Gasteiger partial charge in [0.25, 0.3) is 0 Å². The Morgan fingerprint density at radius 2 is 1.89 bits per heavy atom. The zero-order chi connectivity index (χ0) is 13.7. The molecule has 1 aromatic rings. The SMILES string of the molecule is CC(C)C(O)CNCc1c(F)cc(C#N)cc1F. The zero-order valence-corrected chi connectivity index (χ0v) is 10.4. The Hall–Kier alpha value is -1.51. The van der Waals surface area contributed by atoms with E-state index in [0.29, 0.717) is 0 Å². The first-order valence-electron chi connectivity index (χ1n) is 5.72. The predicted molar refractivity (Wildman–Crippen MR) is 63.6 cm³/mol. The molecule has 0 aliphatic rings. The van der Waals surface area contributed by atoms with Gasteiger partial charge in [-0.05, 0) is 18.1 Å². The van der Waals surface area contributed by atoms with Crippen molar-refractivity contribution in [1.29, 1.82) is 5.26 Å². The van der Waals surface area contributed by atoms with Crippen molar-refractivity contribution < 1.29 is 13.9 Å². The summed E-state index contributed by atoms with van der Waals surface area (Å²) in [5.74, 6) is -1.43. The Balaban J connectivity index is 2.66. The van der Waals surface area contributed by atoms with E-state index in [-0.39, 0.29) is 30.1 Å². The van der Waals surface area contributed by atoms with Crippen LogP contribution >= 0.6 is 0 Å². The van der Waals surface area contributed by atoms with Gasteiger partial charge in [0.15, 0.2) is 0 Å². The molecule has 0 amide bonds. The van der Waals surface area contributed by atoms with Crippen molar-refractivity contribution >= 4 is 0 Å². The van der Waals surface area contributed by atoms with E-state index in [9.17, 15) is 13.9 Å². The van der Waals surface area contributed by atoms with Crippen molar-refractivity contribution in [1.82, 2.24) is 5.32 Å². The first-order chi connectivity index (χ1) is 8.45. The maximum atomic E-state index is 13.5. The van der Waals surface area contributed by atoms with Gasteiger partial charge < -0.3 is 10.4 Å². The highest BCUT2D eigenvalue weighted by molar-refractivity contribution is 5.34. The number of nitriles is 1. The highest BCUT2D eigenvalue weighted by Crippen LogP contribution is 2.15. The number of nitrogens with one attached hydrogen (secondary N) is 1. The molecular weight excluding hydrogens is 238 g/mol. The summed E-state index contributed by atoms with van der Waals surface area (Å²) >= 11 is 0. The minimum absolute atomic E-state index is 0.0207. The first-order valence-corrected chi connectivity index (χ1v) is 5.72. The lowest BCUT2D eigenvalue weighted by atomic mass is 10.1. The number of halogens is 2. The fraction of sp³-hybridized carbons (Fsp3) is 0.462. The molecule has 2 N–H and O–H groups in total. The molecule has 1 aromatic carbocycles. The van der Waals surface area contributed by atoms with Gasteiger partial charge in [-0.25, -0.2) is 8.78 Å². The predicted octanol–water partition coefficient (Wildman–Crippen LogP) is 1.94. The average Bonchev–Trinajstić information content (AvgIpc) is 2.31. The number of aliphatic hydroxyl groups is 1. The molecule has 3 nitrogen and oxygen atoms in total. The minimum atomic E-state index is -0.752. The fourth-order valence-electron chi connectivity index (χ4n) is 1.42. The first kappa shape index (κ1) is 14.6. The summed E-state index contributed by atoms with van der Waals surface area (Å²) in [5, 5.41) is 20.9. The number of nitrogens with zero attached hydrogens (tertiary/aromatic N) is 1. The van der Waals surface area contributed by atoms with Crippen LogP contribution in [0.15, 0.2) is 12.1 Å². The topological polar surface area (TPSA) is 56.0 Å². The fourth-order valence-corrected chi connectivity index (χ4v) is 1.42. The molecule has 1 unspecified atom stereocenters. The molecule has 0 saturated carbocycles. The molecule has 1 rings (SSSR count). The highest BCUT2D eigenvalue weighted by Gasteiger charge is 2.13. The number of benzene rings is 1. The molecule has 1 atom stereocenters. The van der Waals surface area contributed by atoms with Crippen LogP contribution in [-0.2, 0) is 6.54 Å². The van der Waals surface area contributed by atoms with Crippen LogP contribution in [0.5, 0.6) is 0 Å². The molecule has 0 saturated heterocycles. The summed E-state index contributed by atoms with van der Waals surface area (Å²) in [6.07, 6.45) is -0.561. The second kappa shape index (κ2) is 6.43. The summed E-state index contributed by atoms with van der Waals surface area (Å²) in [7, 11) is 0. The summed E-state index contributed by atoms with van der Waals surface area (Å²) in [6.45, 7) is 3.95. The molecule has 18 heavy (non-hydrogen) atoms. The van der Waals surface area contributed by atoms with Gasteiger partial charge in [-0.15, -0.1) is 0 Å². The van der Waals surface area contributed by atoms with Gasteiger partial charge in [0.2, 0.25) is 0 Å². The standard InChI is InChI=1S/C13H16F2N2O/c1-8(2)13(18)7-17-6-10-11(14)3-9(5-16)4-12(10)15/h3-4,8,13,17-18H,6-7H2,1-2H3. The Labute approximate surface area is 105 Å². The van der Waals surface area contributed by atoms with Crippen molar-refractivity contribution in [3.05, 3.63) is 34.9 Å². The van der Waals surface area contributed by atoms with E-state index in [1.54, 1.807) is 6.07 Å². The number of aliphatic hydroxyl groups excluding tert-OH is 1. The third kappa shape index (κ3) is 3.76. The second-order valence-electron chi connectivity index (χ2n) is 4.47. The van der Waals surface area contributed by atoms with Crippen molar-refractivity contribution in [3.63, 3.8) is 0 Å². The minimum Gasteiger partial charge on any atom is -0.392 e. The maximum absolute atomic E-state index is 13.5. The summed E-state index contributed by atoms with van der Waals surface area (Å²) in [6, 6.07) is 3.68. The number of hydrogen-bond donors (Lipinski definition) is 2. The normalized spacial score (nSPS) is 12.5. The molecule has 0 fully saturated rings. The monoisotopic (exact) mass is 254 g/mol. The van der Waals surface area contributed by atoms with E-state index >= 15 is 0 Å². The third-order valence-electron chi connectivity index (χ3n) is 2.69. The summed E-state index contributed by atoms with van der Waals surface area (Å²) in [4.78, 5) is 0. The second-order valence-corrected chi connectivity index (χ2v) is 4.47. The lowest BCUT2D eigenvalue weighted by molar-refractivity contribution is 0.123. The van der Waals surface area contributed by atoms with Crippen LogP contribution in [0.3, 0.4) is 0 Å². The summed E-state index contributed by atoms with van der Waals surface area (Å²) < 4.78 is 27.0. The van der Waals surface area contributed by atoms with Gasteiger partial charge in [-0.3, -0.25) is 0 Å². The molecule has 0 heterocycles. The quantitative estimate of drug-likeness (QED) is 0.844. The van der Waals surface area contributed by atoms with Crippen LogP contribution < -0.4 is 5.32 Å². The smallest absolute Gasteiger partial charge is 0.131 e. The lowest BCUT2D eigenvalue weighted by Gasteiger charge is -2.15. The Morgan fingerprint density at radius 1 is 1.33 bits per heavy atom. The molecule has 0 aliphatic heterocycles. The van der Waals surface area contributed by atoms with Gasteiger partial charge >= 0.3 is 0 Å². The largest absolute Gasteiger partial charge is 0.392 e. The zero-order valence-electron chi connectivity index (χ0n) is 10.4. The van der Waals surface area contributed by atoms with Crippen molar-refractivity contribution in [2.75, 3.05) is 6.54 Å². The Bertz CT molecular complexity index is 432.